The summed E-state index contributed by atoms with van der Waals surface area (Å²) in [6.07, 6.45) is 0. The minimum Gasteiger partial charge on any atom is -0.506 e. The van der Waals surface area contributed by atoms with Gasteiger partial charge in [0.1, 0.15) is 11.6 Å². The Balaban J connectivity index is 3.28. The van der Waals surface area contributed by atoms with Crippen LogP contribution in [0.5, 0.6) is 5.75 Å². The zero-order valence-corrected chi connectivity index (χ0v) is 9.92. The van der Waals surface area contributed by atoms with Crippen molar-refractivity contribution in [1.82, 2.24) is 0 Å². The number of hydrogen-bond acceptors (Lipinski definition) is 3. The van der Waals surface area contributed by atoms with Crippen molar-refractivity contribution >= 4 is 11.6 Å². The summed E-state index contributed by atoms with van der Waals surface area (Å²) in [6.45, 7) is 3.13. The second-order valence-corrected chi connectivity index (χ2v) is 4.82. The summed E-state index contributed by atoms with van der Waals surface area (Å²) in [6, 6.07) is 1.57. The number of phenolic OH excluding ortho intramolecular Hbond substituents is 1. The van der Waals surface area contributed by atoms with Crippen molar-refractivity contribution in [1.29, 1.82) is 0 Å². The Hall–Kier alpha value is -0.840. The SMILES string of the molecule is CC(C)(CO)[C@H](N)c1c(F)ccc(Cl)c1O. The molecular formula is C11H15ClFNO2. The van der Waals surface area contributed by atoms with Gasteiger partial charge in [-0.05, 0) is 12.1 Å². The molecule has 0 aliphatic heterocycles. The van der Waals surface area contributed by atoms with Gasteiger partial charge in [-0.2, -0.15) is 0 Å². The van der Waals surface area contributed by atoms with Crippen molar-refractivity contribution in [3.63, 3.8) is 0 Å². The highest BCUT2D eigenvalue weighted by Gasteiger charge is 2.31. The van der Waals surface area contributed by atoms with Crippen LogP contribution in [0.2, 0.25) is 5.02 Å². The number of aliphatic hydroxyl groups is 1. The molecule has 0 spiro atoms. The van der Waals surface area contributed by atoms with Crippen LogP contribution in [-0.4, -0.2) is 16.8 Å². The van der Waals surface area contributed by atoms with Gasteiger partial charge >= 0.3 is 0 Å². The Labute approximate surface area is 98.7 Å². The molecule has 4 N–H and O–H groups in total. The van der Waals surface area contributed by atoms with Gasteiger partial charge in [0.25, 0.3) is 0 Å². The van der Waals surface area contributed by atoms with E-state index in [9.17, 15) is 9.50 Å². The molecule has 0 amide bonds. The first kappa shape index (κ1) is 13.2. The van der Waals surface area contributed by atoms with E-state index in [2.05, 4.69) is 0 Å². The van der Waals surface area contributed by atoms with Gasteiger partial charge in [0.15, 0.2) is 0 Å². The van der Waals surface area contributed by atoms with E-state index in [-0.39, 0.29) is 22.9 Å². The van der Waals surface area contributed by atoms with Gasteiger partial charge in [-0.3, -0.25) is 0 Å². The second kappa shape index (κ2) is 4.57. The zero-order valence-electron chi connectivity index (χ0n) is 9.17. The highest BCUT2D eigenvalue weighted by atomic mass is 35.5. The molecule has 0 aliphatic rings. The maximum Gasteiger partial charge on any atom is 0.141 e. The summed E-state index contributed by atoms with van der Waals surface area (Å²) in [4.78, 5) is 0. The molecule has 0 bridgehead atoms. The first-order chi connectivity index (χ1) is 7.31. The van der Waals surface area contributed by atoms with Gasteiger partial charge in [0, 0.05) is 23.6 Å². The Bertz CT molecular complexity index is 396. The predicted octanol–water partition coefficient (Wildman–Crippen LogP) is 2.20. The molecule has 0 fully saturated rings. The lowest BCUT2D eigenvalue weighted by atomic mass is 9.81. The minimum atomic E-state index is -0.837. The van der Waals surface area contributed by atoms with E-state index in [1.54, 1.807) is 13.8 Å². The number of rotatable bonds is 3. The van der Waals surface area contributed by atoms with E-state index >= 15 is 0 Å². The molecule has 0 aliphatic carbocycles. The molecular weight excluding hydrogens is 233 g/mol. The number of aromatic hydroxyl groups is 1. The molecule has 0 aromatic heterocycles. The van der Waals surface area contributed by atoms with Gasteiger partial charge in [-0.1, -0.05) is 25.4 Å². The van der Waals surface area contributed by atoms with E-state index in [0.29, 0.717) is 0 Å². The Morgan fingerprint density at radius 3 is 2.56 bits per heavy atom. The van der Waals surface area contributed by atoms with E-state index < -0.39 is 17.3 Å². The topological polar surface area (TPSA) is 66.5 Å². The van der Waals surface area contributed by atoms with E-state index in [1.165, 1.54) is 6.07 Å². The number of phenols is 1. The number of nitrogens with two attached hydrogens (primary N) is 1. The van der Waals surface area contributed by atoms with Crippen LogP contribution >= 0.6 is 11.6 Å². The van der Waals surface area contributed by atoms with Crippen LogP contribution in [-0.2, 0) is 0 Å². The molecule has 1 atom stereocenters. The summed E-state index contributed by atoms with van der Waals surface area (Å²) in [5.74, 6) is -0.994. The van der Waals surface area contributed by atoms with Gasteiger partial charge in [-0.25, -0.2) is 4.39 Å². The lowest BCUT2D eigenvalue weighted by Crippen LogP contribution is -2.33. The number of aliphatic hydroxyl groups excluding tert-OH is 1. The number of benzene rings is 1. The van der Waals surface area contributed by atoms with Crippen LogP contribution in [0.25, 0.3) is 0 Å². The van der Waals surface area contributed by atoms with Gasteiger partial charge in [-0.15, -0.1) is 0 Å². The molecule has 16 heavy (non-hydrogen) atoms. The quantitative estimate of drug-likeness (QED) is 0.767. The van der Waals surface area contributed by atoms with Crippen LogP contribution in [0.4, 0.5) is 4.39 Å². The fraction of sp³-hybridized carbons (Fsp3) is 0.455. The molecule has 0 unspecified atom stereocenters. The van der Waals surface area contributed by atoms with Gasteiger partial charge in [0.2, 0.25) is 0 Å². The molecule has 0 heterocycles. The molecule has 0 saturated heterocycles. The Kier molecular flexibility index (Phi) is 3.78. The van der Waals surface area contributed by atoms with E-state index in [0.717, 1.165) is 6.07 Å². The molecule has 0 radical (unpaired) electrons. The molecule has 90 valence electrons. The highest BCUT2D eigenvalue weighted by molar-refractivity contribution is 6.32. The lowest BCUT2D eigenvalue weighted by molar-refractivity contribution is 0.129. The van der Waals surface area contributed by atoms with Crippen LogP contribution in [0.1, 0.15) is 25.5 Å². The third-order valence-electron chi connectivity index (χ3n) is 2.68. The fourth-order valence-electron chi connectivity index (χ4n) is 1.34. The maximum absolute atomic E-state index is 13.6. The molecule has 0 saturated carbocycles. The summed E-state index contributed by atoms with van der Waals surface area (Å²) < 4.78 is 13.6. The van der Waals surface area contributed by atoms with Gasteiger partial charge < -0.3 is 15.9 Å². The number of halogens is 2. The summed E-state index contributed by atoms with van der Waals surface area (Å²) in [7, 11) is 0. The summed E-state index contributed by atoms with van der Waals surface area (Å²) >= 11 is 5.69. The smallest absolute Gasteiger partial charge is 0.141 e. The molecule has 1 aromatic carbocycles. The predicted molar refractivity (Wildman–Crippen MR) is 60.9 cm³/mol. The van der Waals surface area contributed by atoms with Crippen LogP contribution in [0.3, 0.4) is 0 Å². The van der Waals surface area contributed by atoms with Crippen molar-refractivity contribution < 1.29 is 14.6 Å². The molecule has 1 aromatic rings. The zero-order chi connectivity index (χ0) is 12.5. The van der Waals surface area contributed by atoms with E-state index in [4.69, 9.17) is 22.4 Å². The first-order valence-electron chi connectivity index (χ1n) is 4.84. The summed E-state index contributed by atoms with van der Waals surface area (Å²) in [5, 5.41) is 18.9. The van der Waals surface area contributed by atoms with Crippen molar-refractivity contribution in [2.45, 2.75) is 19.9 Å². The normalized spacial score (nSPS) is 13.9. The standard InChI is InChI=1S/C11H15ClFNO2/c1-11(2,5-15)10(14)8-7(13)4-3-6(12)9(8)16/h3-4,10,15-16H,5,14H2,1-2H3/t10-/m1/s1. The van der Waals surface area contributed by atoms with Crippen LogP contribution in [0.15, 0.2) is 12.1 Å². The average molecular weight is 248 g/mol. The van der Waals surface area contributed by atoms with E-state index in [1.807, 2.05) is 0 Å². The van der Waals surface area contributed by atoms with Crippen LogP contribution < -0.4 is 5.73 Å². The van der Waals surface area contributed by atoms with Crippen molar-refractivity contribution in [3.8, 4) is 5.75 Å². The minimum absolute atomic E-state index is 0.0422. The largest absolute Gasteiger partial charge is 0.506 e. The second-order valence-electron chi connectivity index (χ2n) is 4.42. The maximum atomic E-state index is 13.6. The Morgan fingerprint density at radius 2 is 2.06 bits per heavy atom. The average Bonchev–Trinajstić information content (AvgIpc) is 2.24. The highest BCUT2D eigenvalue weighted by Crippen LogP contribution is 2.39. The van der Waals surface area contributed by atoms with Crippen molar-refractivity contribution in [2.75, 3.05) is 6.61 Å². The van der Waals surface area contributed by atoms with Crippen molar-refractivity contribution in [2.24, 2.45) is 11.1 Å². The van der Waals surface area contributed by atoms with Gasteiger partial charge in [0.05, 0.1) is 5.02 Å². The third kappa shape index (κ3) is 2.29. The number of hydrogen-bond donors (Lipinski definition) is 3. The monoisotopic (exact) mass is 247 g/mol. The molecule has 3 nitrogen and oxygen atoms in total. The lowest BCUT2D eigenvalue weighted by Gasteiger charge is -2.30. The Morgan fingerprint density at radius 1 is 1.50 bits per heavy atom. The van der Waals surface area contributed by atoms with Crippen LogP contribution in [0, 0.1) is 11.2 Å². The third-order valence-corrected chi connectivity index (χ3v) is 2.98. The fourth-order valence-corrected chi connectivity index (χ4v) is 1.51. The summed E-state index contributed by atoms with van der Waals surface area (Å²) in [5.41, 5.74) is 5.02. The first-order valence-corrected chi connectivity index (χ1v) is 5.22. The molecule has 5 heteroatoms. The van der Waals surface area contributed by atoms with Crippen molar-refractivity contribution in [3.05, 3.63) is 28.5 Å². The molecule has 1 rings (SSSR count).